The highest BCUT2D eigenvalue weighted by Crippen LogP contribution is 2.26. The number of rotatable bonds is 5. The largest absolute Gasteiger partial charge is 0.481 e. The summed E-state index contributed by atoms with van der Waals surface area (Å²) in [6, 6.07) is 9.40. The third kappa shape index (κ3) is 3.84. The number of aryl methyl sites for hydroxylation is 1. The van der Waals surface area contributed by atoms with Gasteiger partial charge in [-0.15, -0.1) is 0 Å². The number of hydrogen-bond donors (Lipinski definition) is 1. The molecule has 1 N–H and O–H groups in total. The van der Waals surface area contributed by atoms with Gasteiger partial charge in [0.2, 0.25) is 0 Å². The maximum Gasteiger partial charge on any atom is 0.266 e. The van der Waals surface area contributed by atoms with E-state index in [1.165, 1.54) is 0 Å². The van der Waals surface area contributed by atoms with Crippen molar-refractivity contribution in [2.75, 3.05) is 5.32 Å². The van der Waals surface area contributed by atoms with Crippen molar-refractivity contribution < 1.29 is 14.1 Å². The van der Waals surface area contributed by atoms with Crippen LogP contribution in [0.2, 0.25) is 0 Å². The summed E-state index contributed by atoms with van der Waals surface area (Å²) in [4.78, 5) is 12.1. The predicted octanol–water partition coefficient (Wildman–Crippen LogP) is 3.51. The third-order valence-electron chi connectivity index (χ3n) is 3.09. The van der Waals surface area contributed by atoms with Crippen LogP contribution in [-0.2, 0) is 4.79 Å². The summed E-state index contributed by atoms with van der Waals surface area (Å²) in [5.41, 5.74) is 1.08. The van der Waals surface area contributed by atoms with Gasteiger partial charge in [0.1, 0.15) is 11.5 Å². The Bertz CT molecular complexity index is 619. The van der Waals surface area contributed by atoms with Crippen molar-refractivity contribution in [1.82, 2.24) is 5.16 Å². The first-order valence-electron chi connectivity index (χ1n) is 6.97. The van der Waals surface area contributed by atoms with Crippen molar-refractivity contribution >= 4 is 11.7 Å². The number of aromatic nitrogens is 1. The molecule has 0 saturated carbocycles. The van der Waals surface area contributed by atoms with Crippen molar-refractivity contribution in [3.05, 3.63) is 41.7 Å². The number of nitrogens with one attached hydrogen (secondary N) is 1. The second-order valence-corrected chi connectivity index (χ2v) is 5.26. The minimum absolute atomic E-state index is 0.262. The van der Waals surface area contributed by atoms with Gasteiger partial charge in [0.15, 0.2) is 11.9 Å². The molecule has 0 aliphatic heterocycles. The van der Waals surface area contributed by atoms with Crippen LogP contribution in [0.3, 0.4) is 0 Å². The summed E-state index contributed by atoms with van der Waals surface area (Å²) in [5, 5.41) is 6.39. The lowest BCUT2D eigenvalue weighted by Crippen LogP contribution is -2.30. The molecule has 1 heterocycles. The summed E-state index contributed by atoms with van der Waals surface area (Å²) in [5.74, 6) is 1.83. The van der Waals surface area contributed by atoms with E-state index in [9.17, 15) is 4.79 Å². The van der Waals surface area contributed by atoms with Crippen molar-refractivity contribution in [1.29, 1.82) is 0 Å². The monoisotopic (exact) mass is 288 g/mol. The average molecular weight is 288 g/mol. The Balaban J connectivity index is 2.04. The number of ether oxygens (including phenoxy) is 1. The molecular weight excluding hydrogens is 268 g/mol. The van der Waals surface area contributed by atoms with E-state index in [-0.39, 0.29) is 5.91 Å². The average Bonchev–Trinajstić information content (AvgIpc) is 2.84. The lowest BCUT2D eigenvalue weighted by Gasteiger charge is -2.18. The van der Waals surface area contributed by atoms with Gasteiger partial charge in [0.25, 0.3) is 5.91 Å². The van der Waals surface area contributed by atoms with Crippen LogP contribution >= 0.6 is 0 Å². The summed E-state index contributed by atoms with van der Waals surface area (Å²) >= 11 is 0. The van der Waals surface area contributed by atoms with Gasteiger partial charge in [-0.25, -0.2) is 0 Å². The normalized spacial score (nSPS) is 12.2. The van der Waals surface area contributed by atoms with Crippen molar-refractivity contribution in [2.24, 2.45) is 0 Å². The van der Waals surface area contributed by atoms with Crippen LogP contribution in [0.25, 0.3) is 0 Å². The smallest absolute Gasteiger partial charge is 0.266 e. The SMILES string of the molecule is Cc1cc(NC(=O)[C@H](C)Oc2ccccc2C(C)C)no1. The highest BCUT2D eigenvalue weighted by atomic mass is 16.5. The third-order valence-corrected chi connectivity index (χ3v) is 3.09. The Hall–Kier alpha value is -2.30. The van der Waals surface area contributed by atoms with E-state index in [0.29, 0.717) is 17.5 Å². The Morgan fingerprint density at radius 3 is 2.62 bits per heavy atom. The number of anilines is 1. The summed E-state index contributed by atoms with van der Waals surface area (Å²) in [6.07, 6.45) is -0.623. The fourth-order valence-corrected chi connectivity index (χ4v) is 1.96. The van der Waals surface area contributed by atoms with E-state index >= 15 is 0 Å². The zero-order valence-electron chi connectivity index (χ0n) is 12.7. The van der Waals surface area contributed by atoms with E-state index in [1.807, 2.05) is 24.3 Å². The molecule has 0 spiro atoms. The number of carbonyl (C=O) groups excluding carboxylic acids is 1. The van der Waals surface area contributed by atoms with Gasteiger partial charge in [0, 0.05) is 6.07 Å². The van der Waals surface area contributed by atoms with Crippen molar-refractivity contribution in [3.8, 4) is 5.75 Å². The maximum atomic E-state index is 12.1. The second kappa shape index (κ2) is 6.43. The highest BCUT2D eigenvalue weighted by Gasteiger charge is 2.18. The minimum Gasteiger partial charge on any atom is -0.481 e. The van der Waals surface area contributed by atoms with Crippen molar-refractivity contribution in [3.63, 3.8) is 0 Å². The van der Waals surface area contributed by atoms with Crippen LogP contribution in [0, 0.1) is 6.92 Å². The molecule has 0 aliphatic carbocycles. The number of benzene rings is 1. The van der Waals surface area contributed by atoms with Gasteiger partial charge < -0.3 is 14.6 Å². The van der Waals surface area contributed by atoms with Crippen LogP contribution in [0.4, 0.5) is 5.82 Å². The standard InChI is InChI=1S/C16H20N2O3/c1-10(2)13-7-5-6-8-14(13)20-12(4)16(19)17-15-9-11(3)21-18-15/h5-10,12H,1-4H3,(H,17,18,19)/t12-/m0/s1. The molecule has 1 aromatic carbocycles. The molecule has 112 valence electrons. The van der Waals surface area contributed by atoms with E-state index in [4.69, 9.17) is 9.26 Å². The molecule has 0 bridgehead atoms. The molecule has 1 atom stereocenters. The van der Waals surface area contributed by atoms with Crippen LogP contribution in [0.5, 0.6) is 5.75 Å². The Kier molecular flexibility index (Phi) is 4.62. The van der Waals surface area contributed by atoms with Gasteiger partial charge >= 0.3 is 0 Å². The number of nitrogens with zero attached hydrogens (tertiary/aromatic N) is 1. The lowest BCUT2D eigenvalue weighted by molar-refractivity contribution is -0.122. The van der Waals surface area contributed by atoms with Gasteiger partial charge in [-0.1, -0.05) is 37.2 Å². The molecule has 0 aliphatic rings. The molecule has 0 unspecified atom stereocenters. The molecule has 0 radical (unpaired) electrons. The number of amides is 1. The molecule has 21 heavy (non-hydrogen) atoms. The fourth-order valence-electron chi connectivity index (χ4n) is 1.96. The molecule has 2 aromatic rings. The maximum absolute atomic E-state index is 12.1. The molecule has 0 fully saturated rings. The second-order valence-electron chi connectivity index (χ2n) is 5.26. The molecule has 1 amide bonds. The Morgan fingerprint density at radius 2 is 2.00 bits per heavy atom. The molecule has 5 heteroatoms. The number of para-hydroxylation sites is 1. The van der Waals surface area contributed by atoms with Crippen LogP contribution in [0.1, 0.15) is 38.0 Å². The van der Waals surface area contributed by atoms with Gasteiger partial charge in [-0.3, -0.25) is 4.79 Å². The van der Waals surface area contributed by atoms with Crippen LogP contribution in [0.15, 0.2) is 34.9 Å². The van der Waals surface area contributed by atoms with Gasteiger partial charge in [0.05, 0.1) is 0 Å². The summed E-state index contributed by atoms with van der Waals surface area (Å²) in [7, 11) is 0. The van der Waals surface area contributed by atoms with Crippen LogP contribution < -0.4 is 10.1 Å². The molecule has 0 saturated heterocycles. The zero-order chi connectivity index (χ0) is 15.4. The Labute approximate surface area is 124 Å². The van der Waals surface area contributed by atoms with E-state index < -0.39 is 6.10 Å². The number of carbonyl (C=O) groups is 1. The molecule has 1 aromatic heterocycles. The van der Waals surface area contributed by atoms with E-state index in [1.54, 1.807) is 19.9 Å². The lowest BCUT2D eigenvalue weighted by atomic mass is 10.0. The predicted molar refractivity (Wildman–Crippen MR) is 80.5 cm³/mol. The summed E-state index contributed by atoms with van der Waals surface area (Å²) < 4.78 is 10.7. The highest BCUT2D eigenvalue weighted by molar-refractivity contribution is 5.93. The zero-order valence-corrected chi connectivity index (χ0v) is 12.7. The molecule has 5 nitrogen and oxygen atoms in total. The quantitative estimate of drug-likeness (QED) is 0.914. The Morgan fingerprint density at radius 1 is 1.29 bits per heavy atom. The van der Waals surface area contributed by atoms with E-state index in [2.05, 4.69) is 24.3 Å². The first-order chi connectivity index (χ1) is 9.97. The summed E-state index contributed by atoms with van der Waals surface area (Å²) in [6.45, 7) is 7.65. The first-order valence-corrected chi connectivity index (χ1v) is 6.97. The topological polar surface area (TPSA) is 64.4 Å². The molecule has 2 rings (SSSR count). The van der Waals surface area contributed by atoms with E-state index in [0.717, 1.165) is 11.3 Å². The van der Waals surface area contributed by atoms with Gasteiger partial charge in [-0.05, 0) is 31.4 Å². The van der Waals surface area contributed by atoms with Crippen molar-refractivity contribution in [2.45, 2.75) is 39.7 Å². The molecular formula is C16H20N2O3. The first kappa shape index (κ1) is 15.1. The fraction of sp³-hybridized carbons (Fsp3) is 0.375. The van der Waals surface area contributed by atoms with Crippen LogP contribution in [-0.4, -0.2) is 17.2 Å². The minimum atomic E-state index is -0.623. The number of hydrogen-bond acceptors (Lipinski definition) is 4. The van der Waals surface area contributed by atoms with Gasteiger partial charge in [-0.2, -0.15) is 0 Å².